The summed E-state index contributed by atoms with van der Waals surface area (Å²) in [6.07, 6.45) is 1.12. The van der Waals surface area contributed by atoms with Gasteiger partial charge in [-0.25, -0.2) is 19.8 Å². The van der Waals surface area contributed by atoms with Crippen molar-refractivity contribution in [2.24, 2.45) is 4.99 Å². The summed E-state index contributed by atoms with van der Waals surface area (Å²) in [5.74, 6) is -0.344. The summed E-state index contributed by atoms with van der Waals surface area (Å²) in [4.78, 5) is 41.3. The molecular weight excluding hydrogens is 364 g/mol. The van der Waals surface area contributed by atoms with E-state index in [-0.39, 0.29) is 5.91 Å². The van der Waals surface area contributed by atoms with Crippen LogP contribution in [0.2, 0.25) is 0 Å². The lowest BCUT2D eigenvalue weighted by molar-refractivity contribution is -0.127. The van der Waals surface area contributed by atoms with Crippen LogP contribution >= 0.6 is 11.8 Å². The predicted octanol–water partition coefficient (Wildman–Crippen LogP) is 1.63. The number of amides is 3. The van der Waals surface area contributed by atoms with Gasteiger partial charge in [0.05, 0.1) is 0 Å². The minimum atomic E-state index is -0.583. The first-order valence-electron chi connectivity index (χ1n) is 8.46. The molecule has 0 radical (unpaired) electrons. The van der Waals surface area contributed by atoms with E-state index in [4.69, 9.17) is 0 Å². The van der Waals surface area contributed by atoms with E-state index < -0.39 is 18.2 Å². The summed E-state index contributed by atoms with van der Waals surface area (Å²) in [6, 6.07) is 10.6. The number of thioether (sulfide) groups is 1. The van der Waals surface area contributed by atoms with E-state index in [9.17, 15) is 9.59 Å². The van der Waals surface area contributed by atoms with Crippen LogP contribution in [0, 0.1) is 6.92 Å². The van der Waals surface area contributed by atoms with Gasteiger partial charge in [-0.1, -0.05) is 30.3 Å². The quantitative estimate of drug-likeness (QED) is 0.812. The van der Waals surface area contributed by atoms with Crippen molar-refractivity contribution < 1.29 is 9.59 Å². The number of nitrogens with one attached hydrogen (secondary N) is 1. The number of rotatable bonds is 3. The van der Waals surface area contributed by atoms with Crippen LogP contribution in [-0.2, 0) is 11.3 Å². The van der Waals surface area contributed by atoms with Gasteiger partial charge in [0.2, 0.25) is 0 Å². The van der Waals surface area contributed by atoms with E-state index in [0.29, 0.717) is 16.9 Å². The molecule has 1 aromatic heterocycles. The molecule has 8 nitrogen and oxygen atoms in total. The predicted molar refractivity (Wildman–Crippen MR) is 101 cm³/mol. The monoisotopic (exact) mass is 382 g/mol. The molecule has 1 aromatic carbocycles. The van der Waals surface area contributed by atoms with Gasteiger partial charge in [-0.15, -0.1) is 0 Å². The molecule has 4 rings (SSSR count). The van der Waals surface area contributed by atoms with Gasteiger partial charge in [0.25, 0.3) is 5.91 Å². The number of likely N-dealkylation sites (N-methyl/N-ethyl adjacent to an activating group) is 1. The number of nitrogens with zero attached hydrogens (tertiary/aromatic N) is 5. The largest absolute Gasteiger partial charge is 0.331 e. The lowest BCUT2D eigenvalue weighted by Gasteiger charge is -2.36. The van der Waals surface area contributed by atoms with Crippen molar-refractivity contribution in [1.82, 2.24) is 25.1 Å². The van der Waals surface area contributed by atoms with Crippen molar-refractivity contribution in [3.63, 3.8) is 0 Å². The number of aryl methyl sites for hydroxylation is 1. The number of carbonyl (C=O) groups is 2. The highest BCUT2D eigenvalue weighted by molar-refractivity contribution is 8.13. The SMILES string of the molecule is Cc1ccnc(SC2=NC3C(C(=O)NC(=O)N3C)N2Cc2ccccc2)n1. The number of imide groups is 1. The number of aliphatic imine (C=N–C) groups is 1. The molecule has 2 aromatic rings. The molecule has 0 bridgehead atoms. The van der Waals surface area contributed by atoms with Gasteiger partial charge in [0, 0.05) is 25.5 Å². The molecule has 1 saturated heterocycles. The molecule has 0 saturated carbocycles. The second-order valence-electron chi connectivity index (χ2n) is 6.37. The van der Waals surface area contributed by atoms with Gasteiger partial charge in [-0.2, -0.15) is 0 Å². The molecule has 2 aliphatic rings. The summed E-state index contributed by atoms with van der Waals surface area (Å²) >= 11 is 1.30. The van der Waals surface area contributed by atoms with Crippen molar-refractivity contribution in [3.05, 3.63) is 53.9 Å². The standard InChI is InChI=1S/C18H18N6O2S/c1-11-8-9-19-16(20-11)27-18-21-14-13(15(25)22-17(26)23(14)2)24(18)10-12-6-4-3-5-7-12/h3-9,13-14H,10H2,1-2H3,(H,22,25,26). The van der Waals surface area contributed by atoms with Gasteiger partial charge < -0.3 is 9.80 Å². The van der Waals surface area contributed by atoms with Crippen LogP contribution in [0.5, 0.6) is 0 Å². The summed E-state index contributed by atoms with van der Waals surface area (Å²) in [7, 11) is 1.64. The molecule has 2 atom stereocenters. The number of amidine groups is 1. The van der Waals surface area contributed by atoms with Gasteiger partial charge in [0.15, 0.2) is 22.5 Å². The van der Waals surface area contributed by atoms with E-state index in [2.05, 4.69) is 20.3 Å². The number of carbonyl (C=O) groups excluding carboxylic acids is 2. The first-order chi connectivity index (χ1) is 13.0. The highest BCUT2D eigenvalue weighted by Gasteiger charge is 2.48. The molecule has 138 valence electrons. The Morgan fingerprint density at radius 3 is 2.70 bits per heavy atom. The number of urea groups is 1. The van der Waals surface area contributed by atoms with Crippen molar-refractivity contribution in [2.45, 2.75) is 30.8 Å². The zero-order valence-corrected chi connectivity index (χ0v) is 15.7. The van der Waals surface area contributed by atoms with Gasteiger partial charge in [-0.3, -0.25) is 10.1 Å². The Hall–Kier alpha value is -2.94. The Balaban J connectivity index is 1.68. The van der Waals surface area contributed by atoms with E-state index in [0.717, 1.165) is 11.3 Å². The summed E-state index contributed by atoms with van der Waals surface area (Å²) in [5, 5.41) is 3.58. The van der Waals surface area contributed by atoms with Crippen LogP contribution in [-0.4, -0.2) is 56.1 Å². The van der Waals surface area contributed by atoms with Gasteiger partial charge in [0.1, 0.15) is 0 Å². The maximum absolute atomic E-state index is 12.6. The minimum Gasteiger partial charge on any atom is -0.331 e. The zero-order chi connectivity index (χ0) is 19.0. The summed E-state index contributed by atoms with van der Waals surface area (Å²) in [5.41, 5.74) is 1.90. The first kappa shape index (κ1) is 17.5. The molecular formula is C18H18N6O2S. The third-order valence-electron chi connectivity index (χ3n) is 4.47. The average Bonchev–Trinajstić information content (AvgIpc) is 2.99. The second-order valence-corrected chi connectivity index (χ2v) is 7.31. The molecule has 3 amide bonds. The molecule has 1 fully saturated rings. The lowest BCUT2D eigenvalue weighted by Crippen LogP contribution is -2.63. The van der Waals surface area contributed by atoms with Crippen molar-refractivity contribution in [2.75, 3.05) is 7.05 Å². The number of benzene rings is 1. The third kappa shape index (κ3) is 3.37. The summed E-state index contributed by atoms with van der Waals surface area (Å²) in [6.45, 7) is 2.39. The fourth-order valence-corrected chi connectivity index (χ4v) is 4.01. The van der Waals surface area contributed by atoms with E-state index in [1.54, 1.807) is 13.2 Å². The second kappa shape index (κ2) is 6.99. The number of aromatic nitrogens is 2. The number of fused-ring (bicyclic) bond motifs is 1. The van der Waals surface area contributed by atoms with E-state index in [1.807, 2.05) is 48.2 Å². The Morgan fingerprint density at radius 1 is 1.19 bits per heavy atom. The molecule has 27 heavy (non-hydrogen) atoms. The average molecular weight is 382 g/mol. The topological polar surface area (TPSA) is 90.8 Å². The van der Waals surface area contributed by atoms with Crippen LogP contribution in [0.1, 0.15) is 11.3 Å². The van der Waals surface area contributed by atoms with Crippen LogP contribution in [0.15, 0.2) is 52.7 Å². The number of hydrogen-bond donors (Lipinski definition) is 1. The third-order valence-corrected chi connectivity index (χ3v) is 5.38. The lowest BCUT2D eigenvalue weighted by atomic mass is 10.1. The van der Waals surface area contributed by atoms with Crippen LogP contribution in [0.3, 0.4) is 0 Å². The maximum Gasteiger partial charge on any atom is 0.325 e. The molecule has 0 aliphatic carbocycles. The highest BCUT2D eigenvalue weighted by Crippen LogP contribution is 2.32. The summed E-state index contributed by atoms with van der Waals surface area (Å²) < 4.78 is 0. The Morgan fingerprint density at radius 2 is 1.96 bits per heavy atom. The van der Waals surface area contributed by atoms with Crippen LogP contribution < -0.4 is 5.32 Å². The smallest absolute Gasteiger partial charge is 0.325 e. The van der Waals surface area contributed by atoms with Crippen LogP contribution in [0.25, 0.3) is 0 Å². The number of hydrogen-bond acceptors (Lipinski definition) is 7. The van der Waals surface area contributed by atoms with Gasteiger partial charge in [-0.05, 0) is 30.3 Å². The Labute approximate surface area is 160 Å². The van der Waals surface area contributed by atoms with Crippen LogP contribution in [0.4, 0.5) is 4.79 Å². The van der Waals surface area contributed by atoms with Crippen molar-refractivity contribution in [1.29, 1.82) is 0 Å². The normalized spacial score (nSPS) is 21.8. The molecule has 2 aliphatic heterocycles. The maximum atomic E-state index is 12.6. The molecule has 9 heteroatoms. The van der Waals surface area contributed by atoms with E-state index in [1.165, 1.54) is 16.7 Å². The Bertz CT molecular complexity index is 919. The molecule has 0 spiro atoms. The fourth-order valence-electron chi connectivity index (χ4n) is 3.09. The van der Waals surface area contributed by atoms with Gasteiger partial charge >= 0.3 is 6.03 Å². The molecule has 3 heterocycles. The van der Waals surface area contributed by atoms with Crippen molar-refractivity contribution >= 4 is 28.9 Å². The fraction of sp³-hybridized carbons (Fsp3) is 0.278. The Kier molecular flexibility index (Phi) is 4.53. The minimum absolute atomic E-state index is 0.344. The first-order valence-corrected chi connectivity index (χ1v) is 9.28. The molecule has 2 unspecified atom stereocenters. The molecule has 1 N–H and O–H groups in total. The highest BCUT2D eigenvalue weighted by atomic mass is 32.2. The zero-order valence-electron chi connectivity index (χ0n) is 14.9. The van der Waals surface area contributed by atoms with E-state index >= 15 is 0 Å². The van der Waals surface area contributed by atoms with Crippen molar-refractivity contribution in [3.8, 4) is 0 Å².